The molecule has 1 unspecified atom stereocenters. The van der Waals surface area contributed by atoms with Crippen molar-refractivity contribution in [3.05, 3.63) is 29.2 Å². The highest BCUT2D eigenvalue weighted by atomic mass is 32.2. The number of nitrogens with one attached hydrogen (secondary N) is 1. The van der Waals surface area contributed by atoms with Crippen molar-refractivity contribution in [2.24, 2.45) is 0 Å². The van der Waals surface area contributed by atoms with Gasteiger partial charge in [0, 0.05) is 29.5 Å². The van der Waals surface area contributed by atoms with Crippen molar-refractivity contribution < 1.29 is 13.2 Å². The summed E-state index contributed by atoms with van der Waals surface area (Å²) in [5.74, 6) is 1.10. The normalized spacial score (nSPS) is 21.1. The van der Waals surface area contributed by atoms with Crippen LogP contribution < -0.4 is 5.32 Å². The average molecular weight is 447 g/mol. The fraction of sp³-hybridized carbons (Fsp3) is 0.619. The molecule has 2 aliphatic rings. The predicted octanol–water partition coefficient (Wildman–Crippen LogP) is 1.96. The Morgan fingerprint density at radius 3 is 2.35 bits per heavy atom. The molecule has 2 fully saturated rings. The van der Waals surface area contributed by atoms with Crippen LogP contribution in [0.1, 0.15) is 49.2 Å². The highest BCUT2D eigenvalue weighted by molar-refractivity contribution is 7.91. The average Bonchev–Trinajstić information content (AvgIpc) is 3.39. The van der Waals surface area contributed by atoms with Gasteiger partial charge < -0.3 is 5.32 Å². The predicted molar refractivity (Wildman–Crippen MR) is 118 cm³/mol. The SMILES string of the molecule is Cc1cc(C)nc(-n2nc(C)cc2NC(=O)CN(C2CCCC2)C2CCS(=O)(=O)C2)n1. The lowest BCUT2D eigenvalue weighted by atomic mass is 10.1. The van der Waals surface area contributed by atoms with Crippen molar-refractivity contribution in [2.45, 2.75) is 65.0 Å². The quantitative estimate of drug-likeness (QED) is 0.722. The molecule has 1 aliphatic carbocycles. The van der Waals surface area contributed by atoms with Crippen LogP contribution in [0.3, 0.4) is 0 Å². The van der Waals surface area contributed by atoms with Gasteiger partial charge in [-0.05, 0) is 46.1 Å². The van der Waals surface area contributed by atoms with Gasteiger partial charge in [-0.25, -0.2) is 18.4 Å². The molecule has 168 valence electrons. The highest BCUT2D eigenvalue weighted by Gasteiger charge is 2.37. The van der Waals surface area contributed by atoms with E-state index < -0.39 is 9.84 Å². The molecule has 0 spiro atoms. The van der Waals surface area contributed by atoms with E-state index in [4.69, 9.17) is 0 Å². The number of sulfone groups is 1. The third-order valence-corrected chi connectivity index (χ3v) is 7.81. The van der Waals surface area contributed by atoms with Crippen molar-refractivity contribution >= 4 is 21.6 Å². The number of hydrogen-bond acceptors (Lipinski definition) is 7. The molecular weight excluding hydrogens is 416 g/mol. The van der Waals surface area contributed by atoms with Gasteiger partial charge in [0.25, 0.3) is 5.95 Å². The third-order valence-electron chi connectivity index (χ3n) is 6.06. The first-order valence-electron chi connectivity index (χ1n) is 10.9. The number of aromatic nitrogens is 4. The van der Waals surface area contributed by atoms with Gasteiger partial charge in [0.15, 0.2) is 9.84 Å². The van der Waals surface area contributed by atoms with Crippen LogP contribution >= 0.6 is 0 Å². The van der Waals surface area contributed by atoms with Crippen LogP contribution in [-0.4, -0.2) is 69.1 Å². The number of hydrogen-bond donors (Lipinski definition) is 1. The largest absolute Gasteiger partial charge is 0.309 e. The zero-order chi connectivity index (χ0) is 22.2. The Labute approximate surface area is 183 Å². The van der Waals surface area contributed by atoms with Gasteiger partial charge >= 0.3 is 0 Å². The van der Waals surface area contributed by atoms with E-state index in [9.17, 15) is 13.2 Å². The van der Waals surface area contributed by atoms with Gasteiger partial charge in [0.1, 0.15) is 5.82 Å². The van der Waals surface area contributed by atoms with Gasteiger partial charge in [0.2, 0.25) is 5.91 Å². The summed E-state index contributed by atoms with van der Waals surface area (Å²) in [6, 6.07) is 3.85. The fourth-order valence-electron chi connectivity index (χ4n) is 4.72. The molecular formula is C21H30N6O3S. The number of nitrogens with zero attached hydrogens (tertiary/aromatic N) is 5. The van der Waals surface area contributed by atoms with Crippen molar-refractivity contribution in [2.75, 3.05) is 23.4 Å². The standard InChI is InChI=1S/C21H30N6O3S/c1-14-10-15(2)23-21(22-14)27-19(11-16(3)25-27)24-20(28)12-26(17-6-4-5-7-17)18-8-9-31(29,30)13-18/h10-11,17-18H,4-9,12-13H2,1-3H3,(H,24,28). The summed E-state index contributed by atoms with van der Waals surface area (Å²) in [5, 5.41) is 7.41. The van der Waals surface area contributed by atoms with Crippen molar-refractivity contribution in [3.63, 3.8) is 0 Å². The maximum Gasteiger partial charge on any atom is 0.252 e. The molecule has 0 aromatic carbocycles. The third kappa shape index (κ3) is 5.12. The van der Waals surface area contributed by atoms with E-state index in [1.807, 2.05) is 26.8 Å². The molecule has 3 heterocycles. The number of carbonyl (C=O) groups is 1. The van der Waals surface area contributed by atoms with E-state index in [2.05, 4.69) is 25.3 Å². The van der Waals surface area contributed by atoms with E-state index in [1.54, 1.807) is 10.7 Å². The van der Waals surface area contributed by atoms with Crippen molar-refractivity contribution in [1.82, 2.24) is 24.6 Å². The zero-order valence-corrected chi connectivity index (χ0v) is 19.2. The Bertz CT molecular complexity index is 1050. The van der Waals surface area contributed by atoms with Gasteiger partial charge in [-0.3, -0.25) is 9.69 Å². The second kappa shape index (κ2) is 8.66. The van der Waals surface area contributed by atoms with E-state index in [-0.39, 0.29) is 36.0 Å². The van der Waals surface area contributed by atoms with Crippen LogP contribution in [0.2, 0.25) is 0 Å². The fourth-order valence-corrected chi connectivity index (χ4v) is 6.46. The minimum atomic E-state index is -3.02. The maximum atomic E-state index is 13.0. The lowest BCUT2D eigenvalue weighted by Gasteiger charge is -2.33. The van der Waals surface area contributed by atoms with Crippen LogP contribution in [0.5, 0.6) is 0 Å². The first-order valence-corrected chi connectivity index (χ1v) is 12.7. The Balaban J connectivity index is 1.53. The summed E-state index contributed by atoms with van der Waals surface area (Å²) in [6.45, 7) is 5.80. The summed E-state index contributed by atoms with van der Waals surface area (Å²) in [7, 11) is -3.02. The van der Waals surface area contributed by atoms with Crippen LogP contribution in [0, 0.1) is 20.8 Å². The number of carbonyl (C=O) groups excluding carboxylic acids is 1. The van der Waals surface area contributed by atoms with Crippen molar-refractivity contribution in [3.8, 4) is 5.95 Å². The van der Waals surface area contributed by atoms with Gasteiger partial charge in [-0.15, -0.1) is 0 Å². The first-order chi connectivity index (χ1) is 14.7. The second-order valence-electron chi connectivity index (χ2n) is 8.75. The molecule has 0 bridgehead atoms. The molecule has 4 rings (SSSR count). The molecule has 1 saturated heterocycles. The monoisotopic (exact) mass is 446 g/mol. The molecule has 1 aliphatic heterocycles. The molecule has 1 amide bonds. The van der Waals surface area contributed by atoms with E-state index >= 15 is 0 Å². The molecule has 10 heteroatoms. The van der Waals surface area contributed by atoms with Gasteiger partial charge in [0.05, 0.1) is 23.7 Å². The lowest BCUT2D eigenvalue weighted by Crippen LogP contribution is -2.47. The summed E-state index contributed by atoms with van der Waals surface area (Å²) in [4.78, 5) is 24.1. The van der Waals surface area contributed by atoms with E-state index in [0.29, 0.717) is 18.2 Å². The van der Waals surface area contributed by atoms with Crippen LogP contribution in [0.15, 0.2) is 12.1 Å². The van der Waals surface area contributed by atoms with Gasteiger partial charge in [-0.2, -0.15) is 9.78 Å². The number of anilines is 1. The van der Waals surface area contributed by atoms with Gasteiger partial charge in [-0.1, -0.05) is 12.8 Å². The summed E-state index contributed by atoms with van der Waals surface area (Å²) >= 11 is 0. The molecule has 1 atom stereocenters. The molecule has 1 N–H and O–H groups in total. The van der Waals surface area contributed by atoms with Crippen molar-refractivity contribution in [1.29, 1.82) is 0 Å². The number of amides is 1. The summed E-state index contributed by atoms with van der Waals surface area (Å²) in [5.41, 5.74) is 2.39. The second-order valence-corrected chi connectivity index (χ2v) is 11.0. The van der Waals surface area contributed by atoms with Crippen LogP contribution in [0.25, 0.3) is 5.95 Å². The lowest BCUT2D eigenvalue weighted by molar-refractivity contribution is -0.118. The molecule has 31 heavy (non-hydrogen) atoms. The molecule has 1 saturated carbocycles. The Kier molecular flexibility index (Phi) is 6.11. The topological polar surface area (TPSA) is 110 Å². The Morgan fingerprint density at radius 2 is 1.74 bits per heavy atom. The Morgan fingerprint density at radius 1 is 1.06 bits per heavy atom. The smallest absolute Gasteiger partial charge is 0.252 e. The first kappa shape index (κ1) is 21.9. The van der Waals surface area contributed by atoms with E-state index in [1.165, 1.54) is 0 Å². The van der Waals surface area contributed by atoms with Crippen LogP contribution in [-0.2, 0) is 14.6 Å². The Hall–Kier alpha value is -2.33. The number of rotatable bonds is 6. The zero-order valence-electron chi connectivity index (χ0n) is 18.3. The minimum absolute atomic E-state index is 0.0896. The molecule has 9 nitrogen and oxygen atoms in total. The maximum absolute atomic E-state index is 13.0. The number of aryl methyl sites for hydroxylation is 3. The summed E-state index contributed by atoms with van der Waals surface area (Å²) < 4.78 is 25.6. The minimum Gasteiger partial charge on any atom is -0.309 e. The van der Waals surface area contributed by atoms with Crippen LogP contribution in [0.4, 0.5) is 5.82 Å². The molecule has 2 aromatic heterocycles. The van der Waals surface area contributed by atoms with E-state index in [0.717, 1.165) is 42.8 Å². The highest BCUT2D eigenvalue weighted by Crippen LogP contribution is 2.29. The molecule has 0 radical (unpaired) electrons. The molecule has 2 aromatic rings. The summed E-state index contributed by atoms with van der Waals surface area (Å²) in [6.07, 6.45) is 4.87.